The number of ether oxygens (including phenoxy) is 2. The Balaban J connectivity index is 1.37. The zero-order valence-corrected chi connectivity index (χ0v) is 18.8. The quantitative estimate of drug-likeness (QED) is 0.600. The summed E-state index contributed by atoms with van der Waals surface area (Å²) < 4.78 is 11.4. The van der Waals surface area contributed by atoms with Crippen molar-refractivity contribution in [1.82, 2.24) is 15.1 Å². The van der Waals surface area contributed by atoms with E-state index in [9.17, 15) is 4.79 Å². The minimum absolute atomic E-state index is 0.0165. The Hall–Kier alpha value is -2.41. The molecule has 0 spiro atoms. The van der Waals surface area contributed by atoms with Crippen LogP contribution in [0, 0.1) is 0 Å². The summed E-state index contributed by atoms with van der Waals surface area (Å²) in [6.45, 7) is 4.85. The highest BCUT2D eigenvalue weighted by Gasteiger charge is 2.18. The van der Waals surface area contributed by atoms with Crippen molar-refractivity contribution in [2.75, 3.05) is 47.0 Å². The SMILES string of the molecule is CN(CC(=O)NCc1cccc(OCCN(C)C2CCOCC2)c1)Cc1ccccc1. The largest absolute Gasteiger partial charge is 0.492 e. The molecule has 1 aliphatic heterocycles. The summed E-state index contributed by atoms with van der Waals surface area (Å²) in [4.78, 5) is 16.7. The summed E-state index contributed by atoms with van der Waals surface area (Å²) in [6, 6.07) is 18.7. The van der Waals surface area contributed by atoms with Gasteiger partial charge in [0.25, 0.3) is 0 Å². The molecule has 2 aromatic rings. The van der Waals surface area contributed by atoms with Crippen molar-refractivity contribution in [3.8, 4) is 5.75 Å². The maximum absolute atomic E-state index is 12.3. The van der Waals surface area contributed by atoms with Crippen LogP contribution in [0.2, 0.25) is 0 Å². The molecule has 1 heterocycles. The number of amides is 1. The second kappa shape index (κ2) is 12.4. The Morgan fingerprint density at radius 2 is 1.81 bits per heavy atom. The zero-order chi connectivity index (χ0) is 21.9. The fraction of sp³-hybridized carbons (Fsp3) is 0.480. The number of carbonyl (C=O) groups is 1. The van der Waals surface area contributed by atoms with Crippen LogP contribution in [-0.4, -0.2) is 68.8 Å². The fourth-order valence-electron chi connectivity index (χ4n) is 3.81. The monoisotopic (exact) mass is 425 g/mol. The number of carbonyl (C=O) groups excluding carboxylic acids is 1. The number of rotatable bonds is 11. The average Bonchev–Trinajstić information content (AvgIpc) is 2.79. The van der Waals surface area contributed by atoms with E-state index in [1.165, 1.54) is 5.56 Å². The van der Waals surface area contributed by atoms with E-state index in [2.05, 4.69) is 29.4 Å². The lowest BCUT2D eigenvalue weighted by atomic mass is 10.1. The minimum atomic E-state index is 0.0165. The number of hydrogen-bond donors (Lipinski definition) is 1. The van der Waals surface area contributed by atoms with Crippen LogP contribution in [0.4, 0.5) is 0 Å². The molecule has 168 valence electrons. The molecule has 1 aliphatic rings. The van der Waals surface area contributed by atoms with Gasteiger partial charge in [0, 0.05) is 38.9 Å². The van der Waals surface area contributed by atoms with Gasteiger partial charge in [-0.05, 0) is 50.2 Å². The van der Waals surface area contributed by atoms with Gasteiger partial charge in [-0.25, -0.2) is 0 Å². The predicted molar refractivity (Wildman–Crippen MR) is 123 cm³/mol. The molecule has 0 aliphatic carbocycles. The highest BCUT2D eigenvalue weighted by molar-refractivity contribution is 5.77. The lowest BCUT2D eigenvalue weighted by Crippen LogP contribution is -2.38. The minimum Gasteiger partial charge on any atom is -0.492 e. The molecule has 2 aromatic carbocycles. The lowest BCUT2D eigenvalue weighted by Gasteiger charge is -2.31. The van der Waals surface area contributed by atoms with E-state index < -0.39 is 0 Å². The molecule has 1 saturated heterocycles. The third-order valence-corrected chi connectivity index (χ3v) is 5.62. The highest BCUT2D eigenvalue weighted by Crippen LogP contribution is 2.15. The summed E-state index contributed by atoms with van der Waals surface area (Å²) in [6.07, 6.45) is 2.18. The van der Waals surface area contributed by atoms with Gasteiger partial charge in [-0.3, -0.25) is 14.6 Å². The number of nitrogens with zero attached hydrogens (tertiary/aromatic N) is 2. The van der Waals surface area contributed by atoms with Crippen LogP contribution in [-0.2, 0) is 22.6 Å². The molecule has 31 heavy (non-hydrogen) atoms. The van der Waals surface area contributed by atoms with Crippen molar-refractivity contribution < 1.29 is 14.3 Å². The Bertz CT molecular complexity index is 794. The van der Waals surface area contributed by atoms with Gasteiger partial charge in [0.05, 0.1) is 6.54 Å². The zero-order valence-electron chi connectivity index (χ0n) is 18.8. The van der Waals surface area contributed by atoms with Crippen LogP contribution in [0.5, 0.6) is 5.75 Å². The van der Waals surface area contributed by atoms with Gasteiger partial charge in [0.2, 0.25) is 5.91 Å². The van der Waals surface area contributed by atoms with Gasteiger partial charge in [0.15, 0.2) is 0 Å². The van der Waals surface area contributed by atoms with E-state index >= 15 is 0 Å². The topological polar surface area (TPSA) is 54.0 Å². The highest BCUT2D eigenvalue weighted by atomic mass is 16.5. The molecule has 0 aromatic heterocycles. The lowest BCUT2D eigenvalue weighted by molar-refractivity contribution is -0.122. The van der Waals surface area contributed by atoms with Crippen molar-refractivity contribution >= 4 is 5.91 Å². The predicted octanol–water partition coefficient (Wildman–Crippen LogP) is 2.92. The van der Waals surface area contributed by atoms with Gasteiger partial charge in [0.1, 0.15) is 12.4 Å². The van der Waals surface area contributed by atoms with Crippen molar-refractivity contribution in [2.24, 2.45) is 0 Å². The summed E-state index contributed by atoms with van der Waals surface area (Å²) in [5.74, 6) is 0.858. The molecule has 0 saturated carbocycles. The van der Waals surface area contributed by atoms with Crippen LogP contribution >= 0.6 is 0 Å². The maximum Gasteiger partial charge on any atom is 0.234 e. The van der Waals surface area contributed by atoms with E-state index in [1.54, 1.807) is 0 Å². The molecule has 1 fully saturated rings. The molecule has 0 bridgehead atoms. The van der Waals surface area contributed by atoms with E-state index in [-0.39, 0.29) is 5.91 Å². The van der Waals surface area contributed by atoms with E-state index in [0.717, 1.165) is 50.5 Å². The van der Waals surface area contributed by atoms with E-state index in [1.807, 2.05) is 54.4 Å². The summed E-state index contributed by atoms with van der Waals surface area (Å²) in [5.41, 5.74) is 2.24. The summed E-state index contributed by atoms with van der Waals surface area (Å²) in [7, 11) is 4.11. The second-order valence-corrected chi connectivity index (χ2v) is 8.25. The molecule has 3 rings (SSSR count). The molecule has 1 N–H and O–H groups in total. The first-order chi connectivity index (χ1) is 15.1. The molecule has 6 nitrogen and oxygen atoms in total. The maximum atomic E-state index is 12.3. The Morgan fingerprint density at radius 1 is 1.06 bits per heavy atom. The van der Waals surface area contributed by atoms with Crippen molar-refractivity contribution in [3.63, 3.8) is 0 Å². The first-order valence-corrected chi connectivity index (χ1v) is 11.1. The Kier molecular flexibility index (Phi) is 9.34. The molecular formula is C25H35N3O3. The number of likely N-dealkylation sites (N-methyl/N-ethyl adjacent to an activating group) is 2. The van der Waals surface area contributed by atoms with Gasteiger partial charge in [-0.15, -0.1) is 0 Å². The van der Waals surface area contributed by atoms with Crippen LogP contribution in [0.3, 0.4) is 0 Å². The van der Waals surface area contributed by atoms with Gasteiger partial charge < -0.3 is 14.8 Å². The smallest absolute Gasteiger partial charge is 0.234 e. The van der Waals surface area contributed by atoms with E-state index in [4.69, 9.17) is 9.47 Å². The molecular weight excluding hydrogens is 390 g/mol. The molecule has 0 radical (unpaired) electrons. The van der Waals surface area contributed by atoms with Crippen LogP contribution in [0.1, 0.15) is 24.0 Å². The van der Waals surface area contributed by atoms with Gasteiger partial charge in [-0.1, -0.05) is 42.5 Å². The first kappa shape index (κ1) is 23.3. The van der Waals surface area contributed by atoms with Crippen molar-refractivity contribution in [2.45, 2.75) is 32.0 Å². The van der Waals surface area contributed by atoms with Crippen molar-refractivity contribution in [1.29, 1.82) is 0 Å². The summed E-state index contributed by atoms with van der Waals surface area (Å²) >= 11 is 0. The van der Waals surface area contributed by atoms with Crippen LogP contribution in [0.25, 0.3) is 0 Å². The Labute approximate surface area is 186 Å². The van der Waals surface area contributed by atoms with Gasteiger partial charge in [-0.2, -0.15) is 0 Å². The van der Waals surface area contributed by atoms with Crippen LogP contribution < -0.4 is 10.1 Å². The van der Waals surface area contributed by atoms with Crippen molar-refractivity contribution in [3.05, 3.63) is 65.7 Å². The third-order valence-electron chi connectivity index (χ3n) is 5.62. The van der Waals surface area contributed by atoms with Gasteiger partial charge >= 0.3 is 0 Å². The number of benzene rings is 2. The molecule has 1 amide bonds. The second-order valence-electron chi connectivity index (χ2n) is 8.25. The average molecular weight is 426 g/mol. The first-order valence-electron chi connectivity index (χ1n) is 11.1. The molecule has 0 atom stereocenters. The molecule has 0 unspecified atom stereocenters. The van der Waals surface area contributed by atoms with Crippen LogP contribution in [0.15, 0.2) is 54.6 Å². The normalized spacial score (nSPS) is 14.7. The van der Waals surface area contributed by atoms with E-state index in [0.29, 0.717) is 25.7 Å². The summed E-state index contributed by atoms with van der Waals surface area (Å²) in [5, 5.41) is 3.00. The number of nitrogens with one attached hydrogen (secondary N) is 1. The standard InChI is InChI=1S/C25H35N3O3/c1-27(19-21-7-4-3-5-8-21)20-25(29)26-18-22-9-6-10-24(17-22)31-16-13-28(2)23-11-14-30-15-12-23/h3-10,17,23H,11-16,18-20H2,1-2H3,(H,26,29). The fourth-order valence-corrected chi connectivity index (χ4v) is 3.81. The molecule has 6 heteroatoms. The number of hydrogen-bond acceptors (Lipinski definition) is 5. The Morgan fingerprint density at radius 3 is 2.58 bits per heavy atom. The third kappa shape index (κ3) is 8.32.